The van der Waals surface area contributed by atoms with E-state index in [0.29, 0.717) is 10.0 Å². The largest absolute Gasteiger partial charge is 0.342 e. The molecule has 1 amide bonds. The van der Waals surface area contributed by atoms with E-state index in [2.05, 4.69) is 18.7 Å². The van der Waals surface area contributed by atoms with Crippen molar-refractivity contribution in [2.75, 3.05) is 26.2 Å². The molecule has 3 nitrogen and oxygen atoms in total. The van der Waals surface area contributed by atoms with Gasteiger partial charge in [0, 0.05) is 29.7 Å². The summed E-state index contributed by atoms with van der Waals surface area (Å²) in [6.07, 6.45) is 4.73. The van der Waals surface area contributed by atoms with Gasteiger partial charge >= 0.3 is 0 Å². The van der Waals surface area contributed by atoms with Crippen LogP contribution in [0.3, 0.4) is 0 Å². The van der Waals surface area contributed by atoms with Crippen LogP contribution in [-0.2, 0) is 17.8 Å². The maximum atomic E-state index is 12.6. The molecule has 0 aliphatic carbocycles. The van der Waals surface area contributed by atoms with Crippen LogP contribution in [0.4, 0.5) is 0 Å². The highest BCUT2D eigenvalue weighted by molar-refractivity contribution is 6.36. The minimum atomic E-state index is 0.106. The lowest BCUT2D eigenvalue weighted by atomic mass is 10.1. The molecular weight excluding hydrogens is 343 g/mol. The third-order valence-corrected chi connectivity index (χ3v) is 5.15. The molecule has 1 fully saturated rings. The first-order valence-electron chi connectivity index (χ1n) is 9.02. The van der Waals surface area contributed by atoms with Crippen LogP contribution in [0.5, 0.6) is 0 Å². The predicted octanol–water partition coefficient (Wildman–Crippen LogP) is 4.78. The zero-order chi connectivity index (χ0) is 17.5. The molecule has 1 aliphatic heterocycles. The molecular formula is C19H28Cl2N2O. The van der Waals surface area contributed by atoms with Crippen LogP contribution in [-0.4, -0.2) is 41.9 Å². The second kappa shape index (κ2) is 9.65. The molecule has 1 aromatic carbocycles. The quantitative estimate of drug-likeness (QED) is 0.657. The summed E-state index contributed by atoms with van der Waals surface area (Å²) in [6, 6.07) is 3.94. The summed E-state index contributed by atoms with van der Waals surface area (Å²) < 4.78 is 0. The van der Waals surface area contributed by atoms with Crippen LogP contribution in [0, 0.1) is 0 Å². The highest BCUT2D eigenvalue weighted by Gasteiger charge is 2.18. The number of halogens is 2. The predicted molar refractivity (Wildman–Crippen MR) is 102 cm³/mol. The first kappa shape index (κ1) is 19.6. The van der Waals surface area contributed by atoms with E-state index >= 15 is 0 Å². The molecule has 0 radical (unpaired) electrons. The van der Waals surface area contributed by atoms with E-state index in [1.807, 2.05) is 17.0 Å². The highest BCUT2D eigenvalue weighted by atomic mass is 35.5. The van der Waals surface area contributed by atoms with Crippen molar-refractivity contribution < 1.29 is 4.79 Å². The van der Waals surface area contributed by atoms with Crippen molar-refractivity contribution in [1.82, 2.24) is 9.80 Å². The molecule has 0 unspecified atom stereocenters. The van der Waals surface area contributed by atoms with Crippen LogP contribution < -0.4 is 0 Å². The van der Waals surface area contributed by atoms with E-state index in [-0.39, 0.29) is 12.3 Å². The molecule has 1 heterocycles. The van der Waals surface area contributed by atoms with Gasteiger partial charge in [-0.05, 0) is 62.0 Å². The molecule has 134 valence electrons. The molecule has 0 bridgehead atoms. The fraction of sp³-hybridized carbons (Fsp3) is 0.632. The normalized spacial score (nSPS) is 15.0. The molecule has 1 aliphatic rings. The van der Waals surface area contributed by atoms with Crippen molar-refractivity contribution in [3.05, 3.63) is 33.3 Å². The lowest BCUT2D eigenvalue weighted by molar-refractivity contribution is -0.130. The van der Waals surface area contributed by atoms with Crippen LogP contribution in [0.2, 0.25) is 10.0 Å². The van der Waals surface area contributed by atoms with Gasteiger partial charge in [-0.2, -0.15) is 0 Å². The maximum absolute atomic E-state index is 12.6. The second-order valence-corrected chi connectivity index (χ2v) is 7.39. The van der Waals surface area contributed by atoms with Gasteiger partial charge < -0.3 is 4.90 Å². The molecule has 1 aromatic rings. The van der Waals surface area contributed by atoms with Crippen LogP contribution in [0.15, 0.2) is 12.1 Å². The summed E-state index contributed by atoms with van der Waals surface area (Å²) in [7, 11) is 0. The summed E-state index contributed by atoms with van der Waals surface area (Å²) in [5, 5.41) is 1.22. The Morgan fingerprint density at radius 1 is 1.08 bits per heavy atom. The number of likely N-dealkylation sites (tertiary alicyclic amines) is 1. The highest BCUT2D eigenvalue weighted by Crippen LogP contribution is 2.29. The molecule has 0 atom stereocenters. The number of rotatable bonds is 8. The Morgan fingerprint density at radius 3 is 2.12 bits per heavy atom. The van der Waals surface area contributed by atoms with Gasteiger partial charge in [0.05, 0.1) is 6.42 Å². The standard InChI is InChI=1S/C19H28Cl2N2O/c1-3-7-23(8-4-2)19(24)13-16-17(20)11-15(12-18(16)21)14-22-9-5-6-10-22/h11-12H,3-10,13-14H2,1-2H3. The monoisotopic (exact) mass is 370 g/mol. The molecule has 0 N–H and O–H groups in total. The number of hydrogen-bond donors (Lipinski definition) is 0. The van der Waals surface area contributed by atoms with Crippen LogP contribution in [0.25, 0.3) is 0 Å². The molecule has 5 heteroatoms. The Kier molecular flexibility index (Phi) is 7.86. The number of carbonyl (C=O) groups is 1. The van der Waals surface area contributed by atoms with E-state index in [1.165, 1.54) is 12.8 Å². The van der Waals surface area contributed by atoms with E-state index < -0.39 is 0 Å². The molecule has 24 heavy (non-hydrogen) atoms. The summed E-state index contributed by atoms with van der Waals surface area (Å²) in [5.74, 6) is 0.106. The summed E-state index contributed by atoms with van der Waals surface area (Å²) in [5.41, 5.74) is 1.88. The Balaban J connectivity index is 2.07. The van der Waals surface area contributed by atoms with Gasteiger partial charge in [-0.25, -0.2) is 0 Å². The first-order valence-corrected chi connectivity index (χ1v) is 9.77. The zero-order valence-electron chi connectivity index (χ0n) is 14.8. The zero-order valence-corrected chi connectivity index (χ0v) is 16.3. The van der Waals surface area contributed by atoms with Gasteiger partial charge in [0.25, 0.3) is 0 Å². The Labute approximate surface area is 155 Å². The van der Waals surface area contributed by atoms with Gasteiger partial charge in [0.15, 0.2) is 0 Å². The van der Waals surface area contributed by atoms with E-state index in [9.17, 15) is 4.79 Å². The topological polar surface area (TPSA) is 23.6 Å². The second-order valence-electron chi connectivity index (χ2n) is 6.58. The number of nitrogens with zero attached hydrogens (tertiary/aromatic N) is 2. The number of hydrogen-bond acceptors (Lipinski definition) is 2. The van der Waals surface area contributed by atoms with Gasteiger partial charge in [0.2, 0.25) is 5.91 Å². The lowest BCUT2D eigenvalue weighted by Crippen LogP contribution is -2.33. The van der Waals surface area contributed by atoms with E-state index in [1.54, 1.807) is 0 Å². The summed E-state index contributed by atoms with van der Waals surface area (Å²) >= 11 is 12.9. The Morgan fingerprint density at radius 2 is 1.62 bits per heavy atom. The smallest absolute Gasteiger partial charge is 0.227 e. The third-order valence-electron chi connectivity index (χ3n) is 4.47. The first-order chi connectivity index (χ1) is 11.5. The Hall–Kier alpha value is -0.770. The van der Waals surface area contributed by atoms with Crippen LogP contribution in [0.1, 0.15) is 50.7 Å². The van der Waals surface area contributed by atoms with Crippen LogP contribution >= 0.6 is 23.2 Å². The van der Waals surface area contributed by atoms with Gasteiger partial charge in [0.1, 0.15) is 0 Å². The fourth-order valence-electron chi connectivity index (χ4n) is 3.28. The minimum Gasteiger partial charge on any atom is -0.342 e. The molecule has 1 saturated heterocycles. The van der Waals surface area contributed by atoms with Crippen molar-refractivity contribution in [2.24, 2.45) is 0 Å². The summed E-state index contributed by atoms with van der Waals surface area (Å²) in [4.78, 5) is 16.9. The van der Waals surface area contributed by atoms with Gasteiger partial charge in [-0.1, -0.05) is 37.0 Å². The SMILES string of the molecule is CCCN(CCC)C(=O)Cc1c(Cl)cc(CN2CCCC2)cc1Cl. The number of amides is 1. The minimum absolute atomic E-state index is 0.106. The molecule has 2 rings (SSSR count). The average Bonchev–Trinajstić information content (AvgIpc) is 3.03. The Bertz CT molecular complexity index is 527. The van der Waals surface area contributed by atoms with Crippen molar-refractivity contribution in [3.63, 3.8) is 0 Å². The van der Waals surface area contributed by atoms with Gasteiger partial charge in [-0.3, -0.25) is 9.69 Å². The third kappa shape index (κ3) is 5.37. The lowest BCUT2D eigenvalue weighted by Gasteiger charge is -2.22. The number of carbonyl (C=O) groups excluding carboxylic acids is 1. The average molecular weight is 371 g/mol. The van der Waals surface area contributed by atoms with E-state index in [4.69, 9.17) is 23.2 Å². The van der Waals surface area contributed by atoms with Crippen molar-refractivity contribution >= 4 is 29.1 Å². The number of benzene rings is 1. The fourth-order valence-corrected chi connectivity index (χ4v) is 3.94. The summed E-state index contributed by atoms with van der Waals surface area (Å²) in [6.45, 7) is 8.90. The van der Waals surface area contributed by atoms with Gasteiger partial charge in [-0.15, -0.1) is 0 Å². The van der Waals surface area contributed by atoms with Crippen molar-refractivity contribution in [2.45, 2.75) is 52.5 Å². The van der Waals surface area contributed by atoms with E-state index in [0.717, 1.165) is 56.7 Å². The van der Waals surface area contributed by atoms with Crippen molar-refractivity contribution in [1.29, 1.82) is 0 Å². The molecule has 0 spiro atoms. The van der Waals surface area contributed by atoms with Crippen molar-refractivity contribution in [3.8, 4) is 0 Å². The maximum Gasteiger partial charge on any atom is 0.227 e. The molecule has 0 saturated carbocycles. The molecule has 0 aromatic heterocycles.